The molecule has 2 N–H and O–H groups in total. The maximum atomic E-state index is 12.9. The van der Waals surface area contributed by atoms with Gasteiger partial charge >= 0.3 is 0 Å². The number of nitrogens with zero attached hydrogens (tertiary/aromatic N) is 1. The zero-order valence-electron chi connectivity index (χ0n) is 18.3. The van der Waals surface area contributed by atoms with E-state index in [9.17, 15) is 13.2 Å². The standard InChI is InChI=1S/C22H35N3O3S/c1-16-13-17(2)21(18(3)14-16)29(27,28)23-15-19-5-7-20(8-6-19)22(26)25-11-9-24(4)10-12-25/h13-14,19-20,23H,5-12,15H2,1-4H3/p+1. The van der Waals surface area contributed by atoms with Crippen molar-refractivity contribution in [1.29, 1.82) is 0 Å². The van der Waals surface area contributed by atoms with E-state index in [2.05, 4.69) is 11.8 Å². The Hall–Kier alpha value is -1.44. The molecule has 0 atom stereocenters. The van der Waals surface area contributed by atoms with E-state index in [4.69, 9.17) is 0 Å². The summed E-state index contributed by atoms with van der Waals surface area (Å²) >= 11 is 0. The first-order chi connectivity index (χ1) is 13.7. The third-order valence-corrected chi connectivity index (χ3v) is 8.29. The number of nitrogens with one attached hydrogen (secondary N) is 2. The second kappa shape index (κ2) is 9.14. The SMILES string of the molecule is Cc1cc(C)c(S(=O)(=O)NCC2CCC(C(=O)N3CC[NH+](C)CC3)CC2)c(C)c1. The average Bonchev–Trinajstić information content (AvgIpc) is 2.66. The summed E-state index contributed by atoms with van der Waals surface area (Å²) in [5.41, 5.74) is 2.65. The number of rotatable bonds is 5. The first kappa shape index (κ1) is 22.2. The Morgan fingerprint density at radius 1 is 1.07 bits per heavy atom. The second-order valence-corrected chi connectivity index (χ2v) is 10.8. The van der Waals surface area contributed by atoms with Gasteiger partial charge < -0.3 is 9.80 Å². The molecule has 1 saturated carbocycles. The number of aryl methyl sites for hydroxylation is 3. The topological polar surface area (TPSA) is 70.9 Å². The highest BCUT2D eigenvalue weighted by Crippen LogP contribution is 2.30. The smallest absolute Gasteiger partial charge is 0.241 e. The summed E-state index contributed by atoms with van der Waals surface area (Å²) in [5.74, 6) is 0.724. The van der Waals surface area contributed by atoms with Gasteiger partial charge in [0.1, 0.15) is 0 Å². The van der Waals surface area contributed by atoms with Crippen LogP contribution in [-0.2, 0) is 14.8 Å². The fourth-order valence-corrected chi connectivity index (χ4v) is 6.44. The number of piperazine rings is 1. The molecular formula is C22H36N3O3S+. The monoisotopic (exact) mass is 422 g/mol. The van der Waals surface area contributed by atoms with Crippen molar-refractivity contribution < 1.29 is 18.1 Å². The van der Waals surface area contributed by atoms with Crippen LogP contribution in [0, 0.1) is 32.6 Å². The number of quaternary nitrogens is 1. The molecule has 29 heavy (non-hydrogen) atoms. The van der Waals surface area contributed by atoms with Gasteiger partial charge in [0.25, 0.3) is 0 Å². The van der Waals surface area contributed by atoms with Crippen LogP contribution in [0.4, 0.5) is 0 Å². The average molecular weight is 423 g/mol. The number of hydrogen-bond acceptors (Lipinski definition) is 3. The Labute approximate surface area is 175 Å². The summed E-state index contributed by atoms with van der Waals surface area (Å²) in [6.45, 7) is 9.91. The van der Waals surface area contributed by atoms with Gasteiger partial charge in [-0.3, -0.25) is 4.79 Å². The van der Waals surface area contributed by atoms with Crippen LogP contribution in [-0.4, -0.2) is 59.0 Å². The number of carbonyl (C=O) groups excluding carboxylic acids is 1. The molecule has 2 aliphatic rings. The predicted octanol–water partition coefficient (Wildman–Crippen LogP) is 1.05. The lowest BCUT2D eigenvalue weighted by atomic mass is 9.81. The van der Waals surface area contributed by atoms with Crippen LogP contribution in [0.5, 0.6) is 0 Å². The highest BCUT2D eigenvalue weighted by atomic mass is 32.2. The Kier molecular flexibility index (Phi) is 7.02. The van der Waals surface area contributed by atoms with Gasteiger partial charge in [-0.05, 0) is 63.5 Å². The molecule has 162 valence electrons. The van der Waals surface area contributed by atoms with Gasteiger partial charge in [-0.25, -0.2) is 13.1 Å². The van der Waals surface area contributed by atoms with Crippen LogP contribution in [0.25, 0.3) is 0 Å². The van der Waals surface area contributed by atoms with E-state index in [-0.39, 0.29) is 5.92 Å². The number of likely N-dealkylation sites (N-methyl/N-ethyl adjacent to an activating group) is 1. The Bertz CT molecular complexity index is 814. The van der Waals surface area contributed by atoms with Crippen LogP contribution < -0.4 is 9.62 Å². The molecule has 7 heteroatoms. The second-order valence-electron chi connectivity index (χ2n) is 9.08. The van der Waals surface area contributed by atoms with E-state index < -0.39 is 10.0 Å². The molecule has 0 radical (unpaired) electrons. The molecule has 1 saturated heterocycles. The minimum Gasteiger partial charge on any atom is -0.334 e. The van der Waals surface area contributed by atoms with Gasteiger partial charge in [0.15, 0.2) is 0 Å². The molecule has 1 aliphatic carbocycles. The zero-order valence-corrected chi connectivity index (χ0v) is 19.1. The molecule has 2 fully saturated rings. The van der Waals surface area contributed by atoms with Crippen LogP contribution in [0.2, 0.25) is 0 Å². The Balaban J connectivity index is 1.52. The van der Waals surface area contributed by atoms with Gasteiger partial charge in [-0.2, -0.15) is 0 Å². The first-order valence-corrected chi connectivity index (χ1v) is 12.3. The molecule has 1 aromatic rings. The molecular weight excluding hydrogens is 386 g/mol. The van der Waals surface area contributed by atoms with E-state index in [1.165, 1.54) is 4.90 Å². The minimum atomic E-state index is -3.52. The fraction of sp³-hybridized carbons (Fsp3) is 0.682. The van der Waals surface area contributed by atoms with E-state index in [1.54, 1.807) is 0 Å². The Morgan fingerprint density at radius 2 is 1.62 bits per heavy atom. The third kappa shape index (κ3) is 5.38. The maximum absolute atomic E-state index is 12.9. The predicted molar refractivity (Wildman–Crippen MR) is 114 cm³/mol. The van der Waals surface area contributed by atoms with Gasteiger partial charge in [0.2, 0.25) is 15.9 Å². The number of carbonyl (C=O) groups is 1. The largest absolute Gasteiger partial charge is 0.334 e. The van der Waals surface area contributed by atoms with Crippen LogP contribution in [0.3, 0.4) is 0 Å². The van der Waals surface area contributed by atoms with Crippen molar-refractivity contribution >= 4 is 15.9 Å². The van der Waals surface area contributed by atoms with Crippen molar-refractivity contribution in [2.45, 2.75) is 51.3 Å². The third-order valence-electron chi connectivity index (χ3n) is 6.56. The fourth-order valence-electron chi connectivity index (χ4n) is 4.87. The number of hydrogen-bond donors (Lipinski definition) is 2. The lowest BCUT2D eigenvalue weighted by Gasteiger charge is -2.35. The summed E-state index contributed by atoms with van der Waals surface area (Å²) in [4.78, 5) is 16.7. The van der Waals surface area contributed by atoms with E-state index in [1.807, 2.05) is 37.8 Å². The van der Waals surface area contributed by atoms with Crippen molar-refractivity contribution in [2.75, 3.05) is 39.8 Å². The Morgan fingerprint density at radius 3 is 2.17 bits per heavy atom. The zero-order chi connectivity index (χ0) is 21.2. The maximum Gasteiger partial charge on any atom is 0.241 e. The van der Waals surface area contributed by atoms with Crippen LogP contribution >= 0.6 is 0 Å². The van der Waals surface area contributed by atoms with E-state index >= 15 is 0 Å². The quantitative estimate of drug-likeness (QED) is 0.745. The molecule has 3 rings (SSSR count). The molecule has 1 aliphatic heterocycles. The molecule has 0 aromatic heterocycles. The number of amides is 1. The van der Waals surface area contributed by atoms with Crippen LogP contribution in [0.15, 0.2) is 17.0 Å². The summed E-state index contributed by atoms with van der Waals surface area (Å²) in [7, 11) is -1.34. The molecule has 1 amide bonds. The van der Waals surface area contributed by atoms with Crippen molar-refractivity contribution in [3.05, 3.63) is 28.8 Å². The number of sulfonamides is 1. The van der Waals surface area contributed by atoms with E-state index in [0.717, 1.165) is 68.6 Å². The first-order valence-electron chi connectivity index (χ1n) is 10.8. The molecule has 1 heterocycles. The van der Waals surface area contributed by atoms with Crippen molar-refractivity contribution in [1.82, 2.24) is 9.62 Å². The minimum absolute atomic E-state index is 0.114. The van der Waals surface area contributed by atoms with Gasteiger partial charge in [-0.15, -0.1) is 0 Å². The van der Waals surface area contributed by atoms with Gasteiger partial charge in [-0.1, -0.05) is 17.7 Å². The lowest BCUT2D eigenvalue weighted by molar-refractivity contribution is -0.883. The summed E-state index contributed by atoms with van der Waals surface area (Å²) in [6, 6.07) is 3.83. The van der Waals surface area contributed by atoms with Crippen LogP contribution in [0.1, 0.15) is 42.4 Å². The molecule has 6 nitrogen and oxygen atoms in total. The number of benzene rings is 1. The van der Waals surface area contributed by atoms with Crippen molar-refractivity contribution in [2.24, 2.45) is 11.8 Å². The summed E-state index contributed by atoms with van der Waals surface area (Å²) < 4.78 is 28.6. The normalized spacial score (nSPS) is 23.9. The summed E-state index contributed by atoms with van der Waals surface area (Å²) in [6.07, 6.45) is 3.55. The van der Waals surface area contributed by atoms with Crippen molar-refractivity contribution in [3.63, 3.8) is 0 Å². The van der Waals surface area contributed by atoms with Gasteiger partial charge in [0, 0.05) is 12.5 Å². The van der Waals surface area contributed by atoms with E-state index in [0.29, 0.717) is 23.3 Å². The molecule has 0 spiro atoms. The lowest BCUT2D eigenvalue weighted by Crippen LogP contribution is -3.12. The summed E-state index contributed by atoms with van der Waals surface area (Å²) in [5, 5.41) is 0. The molecule has 0 bridgehead atoms. The highest BCUT2D eigenvalue weighted by Gasteiger charge is 2.32. The van der Waals surface area contributed by atoms with Gasteiger partial charge in [0.05, 0.1) is 38.1 Å². The molecule has 0 unspecified atom stereocenters. The molecule has 1 aromatic carbocycles. The van der Waals surface area contributed by atoms with Crippen molar-refractivity contribution in [3.8, 4) is 0 Å². The highest BCUT2D eigenvalue weighted by molar-refractivity contribution is 7.89.